The molecule has 1 aliphatic carbocycles. The Morgan fingerprint density at radius 1 is 1.47 bits per heavy atom. The zero-order valence-electron chi connectivity index (χ0n) is 10.3. The number of likely N-dealkylation sites (tertiary alicyclic amines) is 1. The van der Waals surface area contributed by atoms with Crippen molar-refractivity contribution in [1.82, 2.24) is 15.1 Å². The summed E-state index contributed by atoms with van der Waals surface area (Å²) in [7, 11) is 0. The van der Waals surface area contributed by atoms with Gasteiger partial charge in [0.1, 0.15) is 5.69 Å². The van der Waals surface area contributed by atoms with Gasteiger partial charge in [0, 0.05) is 24.7 Å². The van der Waals surface area contributed by atoms with Crippen LogP contribution in [-0.4, -0.2) is 34.1 Å². The molecule has 0 unspecified atom stereocenters. The highest BCUT2D eigenvalue weighted by Gasteiger charge is 2.28. The molecular formula is C13H19N3O. The number of hydrogen-bond donors (Lipinski definition) is 1. The van der Waals surface area contributed by atoms with Crippen molar-refractivity contribution in [3.05, 3.63) is 17.5 Å². The number of carbonyl (C=O) groups excluding carboxylic acids is 1. The van der Waals surface area contributed by atoms with Gasteiger partial charge >= 0.3 is 0 Å². The van der Waals surface area contributed by atoms with E-state index in [1.54, 1.807) is 0 Å². The Morgan fingerprint density at radius 2 is 2.29 bits per heavy atom. The van der Waals surface area contributed by atoms with E-state index >= 15 is 0 Å². The second kappa shape index (κ2) is 4.17. The van der Waals surface area contributed by atoms with E-state index < -0.39 is 0 Å². The van der Waals surface area contributed by atoms with Gasteiger partial charge in [-0.3, -0.25) is 9.89 Å². The molecule has 17 heavy (non-hydrogen) atoms. The van der Waals surface area contributed by atoms with Gasteiger partial charge in [0.25, 0.3) is 5.91 Å². The minimum atomic E-state index is 0.0969. The lowest BCUT2D eigenvalue weighted by Gasteiger charge is -2.30. The third-order valence-corrected chi connectivity index (χ3v) is 3.78. The van der Waals surface area contributed by atoms with Crippen molar-refractivity contribution in [2.24, 2.45) is 5.92 Å². The summed E-state index contributed by atoms with van der Waals surface area (Å²) in [5.74, 6) is 1.35. The van der Waals surface area contributed by atoms with Gasteiger partial charge in [-0.05, 0) is 37.7 Å². The van der Waals surface area contributed by atoms with Crippen LogP contribution in [0.15, 0.2) is 6.07 Å². The zero-order chi connectivity index (χ0) is 11.8. The number of piperidine rings is 1. The van der Waals surface area contributed by atoms with E-state index in [-0.39, 0.29) is 5.91 Å². The van der Waals surface area contributed by atoms with Gasteiger partial charge in [-0.25, -0.2) is 0 Å². The Hall–Kier alpha value is -1.32. The number of aromatic amines is 1. The predicted molar refractivity (Wildman–Crippen MR) is 64.9 cm³/mol. The SMILES string of the molecule is C[C@H]1CCCN(C(=O)c2cc(C3CC3)[nH]n2)C1. The molecule has 3 rings (SSSR count). The summed E-state index contributed by atoms with van der Waals surface area (Å²) < 4.78 is 0. The Kier molecular flexibility index (Phi) is 2.65. The number of hydrogen-bond acceptors (Lipinski definition) is 2. The molecule has 1 saturated carbocycles. The summed E-state index contributed by atoms with van der Waals surface area (Å²) in [6, 6.07) is 1.94. The van der Waals surface area contributed by atoms with Crippen LogP contribution in [0, 0.1) is 5.92 Å². The van der Waals surface area contributed by atoms with Crippen LogP contribution in [0.4, 0.5) is 0 Å². The summed E-state index contributed by atoms with van der Waals surface area (Å²) in [4.78, 5) is 14.2. The standard InChI is InChI=1S/C13H19N3O/c1-9-3-2-6-16(8-9)13(17)12-7-11(14-15-12)10-4-5-10/h7,9-10H,2-6,8H2,1H3,(H,14,15)/t9-/m0/s1. The van der Waals surface area contributed by atoms with E-state index in [9.17, 15) is 4.79 Å². The van der Waals surface area contributed by atoms with Gasteiger partial charge in [0.05, 0.1) is 0 Å². The summed E-state index contributed by atoms with van der Waals surface area (Å²) in [5, 5.41) is 7.16. The molecule has 2 heterocycles. The van der Waals surface area contributed by atoms with E-state index in [1.807, 2.05) is 11.0 Å². The third-order valence-electron chi connectivity index (χ3n) is 3.78. The van der Waals surface area contributed by atoms with Gasteiger partial charge in [0.2, 0.25) is 0 Å². The Balaban J connectivity index is 1.71. The molecule has 0 spiro atoms. The van der Waals surface area contributed by atoms with E-state index in [0.717, 1.165) is 25.2 Å². The second-order valence-corrected chi connectivity index (χ2v) is 5.48. The Labute approximate surface area is 101 Å². The molecule has 1 amide bonds. The molecule has 1 N–H and O–H groups in total. The molecule has 0 bridgehead atoms. The smallest absolute Gasteiger partial charge is 0.274 e. The Bertz CT molecular complexity index is 422. The largest absolute Gasteiger partial charge is 0.337 e. The van der Waals surface area contributed by atoms with E-state index in [0.29, 0.717) is 17.5 Å². The molecule has 1 aliphatic heterocycles. The summed E-state index contributed by atoms with van der Waals surface area (Å²) >= 11 is 0. The van der Waals surface area contributed by atoms with Crippen molar-refractivity contribution in [3.63, 3.8) is 0 Å². The normalized spacial score (nSPS) is 25.0. The maximum absolute atomic E-state index is 12.2. The van der Waals surface area contributed by atoms with Crippen LogP contribution in [0.25, 0.3) is 0 Å². The van der Waals surface area contributed by atoms with Gasteiger partial charge in [-0.2, -0.15) is 5.10 Å². The number of amides is 1. The van der Waals surface area contributed by atoms with Gasteiger partial charge < -0.3 is 4.90 Å². The number of nitrogens with zero attached hydrogens (tertiary/aromatic N) is 2. The maximum atomic E-state index is 12.2. The average Bonchev–Trinajstić information content (AvgIpc) is 3.07. The third kappa shape index (κ3) is 2.21. The minimum Gasteiger partial charge on any atom is -0.337 e. The number of carbonyl (C=O) groups is 1. The van der Waals surface area contributed by atoms with Gasteiger partial charge in [-0.15, -0.1) is 0 Å². The molecule has 2 fully saturated rings. The highest BCUT2D eigenvalue weighted by molar-refractivity contribution is 5.92. The second-order valence-electron chi connectivity index (χ2n) is 5.48. The van der Waals surface area contributed by atoms with Crippen molar-refractivity contribution < 1.29 is 4.79 Å². The Morgan fingerprint density at radius 3 is 3.00 bits per heavy atom. The topological polar surface area (TPSA) is 49.0 Å². The highest BCUT2D eigenvalue weighted by Crippen LogP contribution is 2.39. The maximum Gasteiger partial charge on any atom is 0.274 e. The first kappa shape index (κ1) is 10.8. The molecule has 92 valence electrons. The lowest BCUT2D eigenvalue weighted by Crippen LogP contribution is -2.39. The van der Waals surface area contributed by atoms with E-state index in [4.69, 9.17) is 0 Å². The van der Waals surface area contributed by atoms with Gasteiger partial charge in [0.15, 0.2) is 0 Å². The van der Waals surface area contributed by atoms with Crippen molar-refractivity contribution >= 4 is 5.91 Å². The molecule has 1 saturated heterocycles. The minimum absolute atomic E-state index is 0.0969. The average molecular weight is 233 g/mol. The first-order valence-electron chi connectivity index (χ1n) is 6.58. The lowest BCUT2D eigenvalue weighted by molar-refractivity contribution is 0.0677. The van der Waals surface area contributed by atoms with Crippen LogP contribution < -0.4 is 0 Å². The lowest BCUT2D eigenvalue weighted by atomic mass is 10.00. The van der Waals surface area contributed by atoms with Gasteiger partial charge in [-0.1, -0.05) is 6.92 Å². The molecule has 0 aromatic carbocycles. The number of aromatic nitrogens is 2. The molecule has 4 heteroatoms. The highest BCUT2D eigenvalue weighted by atomic mass is 16.2. The fourth-order valence-corrected chi connectivity index (χ4v) is 2.59. The van der Waals surface area contributed by atoms with E-state index in [2.05, 4.69) is 17.1 Å². The van der Waals surface area contributed by atoms with E-state index in [1.165, 1.54) is 19.3 Å². The first-order chi connectivity index (χ1) is 8.24. The summed E-state index contributed by atoms with van der Waals surface area (Å²) in [6.45, 7) is 3.97. The first-order valence-corrected chi connectivity index (χ1v) is 6.58. The van der Waals surface area contributed by atoms with Crippen molar-refractivity contribution in [2.75, 3.05) is 13.1 Å². The van der Waals surface area contributed by atoms with Crippen molar-refractivity contribution in [3.8, 4) is 0 Å². The quantitative estimate of drug-likeness (QED) is 0.851. The fraction of sp³-hybridized carbons (Fsp3) is 0.692. The molecule has 2 aliphatic rings. The van der Waals surface area contributed by atoms with Crippen LogP contribution in [0.5, 0.6) is 0 Å². The summed E-state index contributed by atoms with van der Waals surface area (Å²) in [6.07, 6.45) is 4.82. The van der Waals surface area contributed by atoms with Crippen molar-refractivity contribution in [1.29, 1.82) is 0 Å². The van der Waals surface area contributed by atoms with Crippen LogP contribution in [0.1, 0.15) is 54.7 Å². The molecule has 1 atom stereocenters. The fourth-order valence-electron chi connectivity index (χ4n) is 2.59. The molecule has 0 radical (unpaired) electrons. The van der Waals surface area contributed by atoms with Crippen LogP contribution in [-0.2, 0) is 0 Å². The van der Waals surface area contributed by atoms with Crippen molar-refractivity contribution in [2.45, 2.75) is 38.5 Å². The van der Waals surface area contributed by atoms with Crippen LogP contribution in [0.3, 0.4) is 0 Å². The predicted octanol–water partition coefficient (Wildman–Crippen LogP) is 2.16. The molecule has 4 nitrogen and oxygen atoms in total. The molecule has 1 aromatic heterocycles. The molecular weight excluding hydrogens is 214 g/mol. The molecule has 1 aromatic rings. The van der Waals surface area contributed by atoms with Crippen LogP contribution in [0.2, 0.25) is 0 Å². The number of H-pyrrole nitrogens is 1. The number of nitrogens with one attached hydrogen (secondary N) is 1. The number of rotatable bonds is 2. The summed E-state index contributed by atoms with van der Waals surface area (Å²) in [5.41, 5.74) is 1.74. The zero-order valence-corrected chi connectivity index (χ0v) is 10.3. The van der Waals surface area contributed by atoms with Crippen LogP contribution >= 0.6 is 0 Å². The monoisotopic (exact) mass is 233 g/mol.